The zero-order chi connectivity index (χ0) is 12.0. The lowest BCUT2D eigenvalue weighted by molar-refractivity contribution is 0.280. The van der Waals surface area contributed by atoms with Crippen molar-refractivity contribution in [2.45, 2.75) is 27.7 Å². The van der Waals surface area contributed by atoms with Gasteiger partial charge in [-0.05, 0) is 39.8 Å². The second-order valence-electron chi connectivity index (χ2n) is 3.31. The third-order valence-corrected chi connectivity index (χ3v) is 2.21. The molecule has 0 N–H and O–H groups in total. The molecule has 0 unspecified atom stereocenters. The summed E-state index contributed by atoms with van der Waals surface area (Å²) in [4.78, 5) is 0. The van der Waals surface area contributed by atoms with E-state index in [1.165, 1.54) is 0 Å². The molecule has 0 aromatic heterocycles. The lowest BCUT2D eigenvalue weighted by atomic mass is 10.2. The fraction of sp³-hybridized carbons (Fsp3) is 0.538. The van der Waals surface area contributed by atoms with Crippen molar-refractivity contribution in [2.24, 2.45) is 0 Å². The van der Waals surface area contributed by atoms with Crippen LogP contribution in [0.5, 0.6) is 17.2 Å². The molecule has 3 nitrogen and oxygen atoms in total. The topological polar surface area (TPSA) is 27.7 Å². The first kappa shape index (κ1) is 12.7. The van der Waals surface area contributed by atoms with Gasteiger partial charge in [0.25, 0.3) is 0 Å². The minimum absolute atomic E-state index is 0.622. The summed E-state index contributed by atoms with van der Waals surface area (Å²) >= 11 is 0. The molecule has 1 aromatic rings. The Bertz CT molecular complexity index is 334. The van der Waals surface area contributed by atoms with Gasteiger partial charge in [0, 0.05) is 5.56 Å². The molecule has 0 atom stereocenters. The van der Waals surface area contributed by atoms with Crippen LogP contribution in [-0.2, 0) is 0 Å². The highest BCUT2D eigenvalue weighted by Crippen LogP contribution is 2.37. The van der Waals surface area contributed by atoms with Crippen LogP contribution in [0.1, 0.15) is 26.3 Å². The summed E-state index contributed by atoms with van der Waals surface area (Å²) in [5, 5.41) is 0. The summed E-state index contributed by atoms with van der Waals surface area (Å²) in [6.45, 7) is 9.78. The molecule has 0 saturated carbocycles. The molecular formula is C13H20O3. The minimum atomic E-state index is 0.622. The molecule has 0 fully saturated rings. The van der Waals surface area contributed by atoms with Gasteiger partial charge in [-0.2, -0.15) is 0 Å². The molecule has 1 aromatic carbocycles. The lowest BCUT2D eigenvalue weighted by Crippen LogP contribution is -2.02. The number of rotatable bonds is 6. The van der Waals surface area contributed by atoms with Crippen LogP contribution < -0.4 is 14.2 Å². The smallest absolute Gasteiger partial charge is 0.167 e. The van der Waals surface area contributed by atoms with Crippen LogP contribution in [-0.4, -0.2) is 19.8 Å². The highest BCUT2D eigenvalue weighted by molar-refractivity contribution is 5.53. The monoisotopic (exact) mass is 224 g/mol. The predicted octanol–water partition coefficient (Wildman–Crippen LogP) is 3.19. The maximum absolute atomic E-state index is 5.60. The molecule has 0 heterocycles. The molecular weight excluding hydrogens is 204 g/mol. The van der Waals surface area contributed by atoms with Crippen LogP contribution in [0.2, 0.25) is 0 Å². The Morgan fingerprint density at radius 1 is 0.812 bits per heavy atom. The van der Waals surface area contributed by atoms with E-state index < -0.39 is 0 Å². The average molecular weight is 224 g/mol. The van der Waals surface area contributed by atoms with Gasteiger partial charge in [-0.3, -0.25) is 0 Å². The third-order valence-electron chi connectivity index (χ3n) is 2.21. The number of ether oxygens (including phenoxy) is 3. The van der Waals surface area contributed by atoms with Crippen molar-refractivity contribution < 1.29 is 14.2 Å². The Morgan fingerprint density at radius 3 is 1.88 bits per heavy atom. The van der Waals surface area contributed by atoms with Crippen molar-refractivity contribution in [1.82, 2.24) is 0 Å². The second kappa shape index (κ2) is 6.26. The van der Waals surface area contributed by atoms with E-state index in [0.717, 1.165) is 22.8 Å². The number of hydrogen-bond donors (Lipinski definition) is 0. The highest BCUT2D eigenvalue weighted by atomic mass is 16.5. The third kappa shape index (κ3) is 2.81. The van der Waals surface area contributed by atoms with Crippen LogP contribution in [0.4, 0.5) is 0 Å². The van der Waals surface area contributed by atoms with Crippen molar-refractivity contribution in [3.8, 4) is 17.2 Å². The molecule has 0 aliphatic carbocycles. The van der Waals surface area contributed by atoms with Crippen molar-refractivity contribution >= 4 is 0 Å². The van der Waals surface area contributed by atoms with E-state index in [2.05, 4.69) is 0 Å². The van der Waals surface area contributed by atoms with Crippen molar-refractivity contribution in [3.63, 3.8) is 0 Å². The zero-order valence-electron chi connectivity index (χ0n) is 10.5. The first-order valence-corrected chi connectivity index (χ1v) is 5.76. The Morgan fingerprint density at radius 2 is 1.31 bits per heavy atom. The maximum atomic E-state index is 5.60. The van der Waals surface area contributed by atoms with Gasteiger partial charge in [0.05, 0.1) is 19.8 Å². The summed E-state index contributed by atoms with van der Waals surface area (Å²) in [6, 6.07) is 3.82. The Hall–Kier alpha value is -1.38. The van der Waals surface area contributed by atoms with Gasteiger partial charge in [0.1, 0.15) is 5.75 Å². The van der Waals surface area contributed by atoms with E-state index in [0.29, 0.717) is 19.8 Å². The minimum Gasteiger partial charge on any atom is -0.493 e. The van der Waals surface area contributed by atoms with Crippen LogP contribution >= 0.6 is 0 Å². The molecule has 1 rings (SSSR count). The van der Waals surface area contributed by atoms with Gasteiger partial charge in [-0.1, -0.05) is 0 Å². The van der Waals surface area contributed by atoms with Gasteiger partial charge in [0.2, 0.25) is 0 Å². The summed E-state index contributed by atoms with van der Waals surface area (Å²) < 4.78 is 16.6. The molecule has 0 amide bonds. The van der Waals surface area contributed by atoms with E-state index in [1.807, 2.05) is 39.8 Å². The van der Waals surface area contributed by atoms with Gasteiger partial charge in [-0.25, -0.2) is 0 Å². The molecule has 16 heavy (non-hydrogen) atoms. The lowest BCUT2D eigenvalue weighted by Gasteiger charge is -2.16. The second-order valence-corrected chi connectivity index (χ2v) is 3.31. The van der Waals surface area contributed by atoms with Crippen LogP contribution in [0, 0.1) is 6.92 Å². The van der Waals surface area contributed by atoms with Gasteiger partial charge < -0.3 is 14.2 Å². The van der Waals surface area contributed by atoms with Crippen molar-refractivity contribution in [2.75, 3.05) is 19.8 Å². The predicted molar refractivity (Wildman–Crippen MR) is 64.7 cm³/mol. The Balaban J connectivity index is 3.07. The van der Waals surface area contributed by atoms with Crippen molar-refractivity contribution in [1.29, 1.82) is 0 Å². The molecule has 3 heteroatoms. The highest BCUT2D eigenvalue weighted by Gasteiger charge is 2.12. The van der Waals surface area contributed by atoms with Crippen LogP contribution in [0.15, 0.2) is 12.1 Å². The maximum Gasteiger partial charge on any atom is 0.167 e. The quantitative estimate of drug-likeness (QED) is 0.742. The molecule has 0 aliphatic rings. The molecule has 0 bridgehead atoms. The zero-order valence-corrected chi connectivity index (χ0v) is 10.5. The Labute approximate surface area is 97.3 Å². The summed E-state index contributed by atoms with van der Waals surface area (Å²) in [7, 11) is 0. The van der Waals surface area contributed by atoms with E-state index in [1.54, 1.807) is 0 Å². The van der Waals surface area contributed by atoms with E-state index in [-0.39, 0.29) is 0 Å². The number of hydrogen-bond acceptors (Lipinski definition) is 3. The molecule has 0 radical (unpaired) electrons. The van der Waals surface area contributed by atoms with E-state index in [9.17, 15) is 0 Å². The van der Waals surface area contributed by atoms with Crippen molar-refractivity contribution in [3.05, 3.63) is 17.7 Å². The molecule has 0 spiro atoms. The number of benzene rings is 1. The molecule has 90 valence electrons. The first-order valence-electron chi connectivity index (χ1n) is 5.76. The van der Waals surface area contributed by atoms with Gasteiger partial charge in [-0.15, -0.1) is 0 Å². The summed E-state index contributed by atoms with van der Waals surface area (Å²) in [5.74, 6) is 2.43. The Kier molecular flexibility index (Phi) is 4.96. The SMILES string of the molecule is CCOc1ccc(OCC)c(OCC)c1C. The summed E-state index contributed by atoms with van der Waals surface area (Å²) in [5.41, 5.74) is 0.995. The van der Waals surface area contributed by atoms with Gasteiger partial charge in [0.15, 0.2) is 11.5 Å². The van der Waals surface area contributed by atoms with Crippen LogP contribution in [0.25, 0.3) is 0 Å². The van der Waals surface area contributed by atoms with Gasteiger partial charge >= 0.3 is 0 Å². The van der Waals surface area contributed by atoms with Crippen LogP contribution in [0.3, 0.4) is 0 Å². The fourth-order valence-electron chi connectivity index (χ4n) is 1.55. The molecule has 0 aliphatic heterocycles. The average Bonchev–Trinajstić information content (AvgIpc) is 2.28. The normalized spacial score (nSPS) is 10.0. The standard InChI is InChI=1S/C13H20O3/c1-5-14-11-8-9-12(15-6-2)13(10(11)4)16-7-3/h8-9H,5-7H2,1-4H3. The first-order chi connectivity index (χ1) is 7.74. The fourth-order valence-corrected chi connectivity index (χ4v) is 1.55. The van der Waals surface area contributed by atoms with E-state index >= 15 is 0 Å². The summed E-state index contributed by atoms with van der Waals surface area (Å²) in [6.07, 6.45) is 0. The molecule has 0 saturated heterocycles. The largest absolute Gasteiger partial charge is 0.493 e. The van der Waals surface area contributed by atoms with E-state index in [4.69, 9.17) is 14.2 Å².